The van der Waals surface area contributed by atoms with Gasteiger partial charge in [0.05, 0.1) is 12.0 Å². The van der Waals surface area contributed by atoms with Gasteiger partial charge in [-0.25, -0.2) is 0 Å². The number of halogens is 3. The molecular formula is C13H15F3N2S. The Morgan fingerprint density at radius 1 is 1.42 bits per heavy atom. The Kier molecular flexibility index (Phi) is 4.16. The number of hydrogen-bond donors (Lipinski definition) is 1. The maximum Gasteiger partial charge on any atom is 0.391 e. The maximum absolute atomic E-state index is 12.6. The third kappa shape index (κ3) is 3.48. The third-order valence-electron chi connectivity index (χ3n) is 3.70. The molecule has 0 atom stereocenters. The number of alkyl halides is 3. The lowest BCUT2D eigenvalue weighted by Gasteiger charge is -2.36. The smallest absolute Gasteiger partial charge is 0.294 e. The molecular weight excluding hydrogens is 273 g/mol. The van der Waals surface area contributed by atoms with Crippen LogP contribution in [0.25, 0.3) is 0 Å². The summed E-state index contributed by atoms with van der Waals surface area (Å²) in [5.74, 6) is -1.25. The van der Waals surface area contributed by atoms with Crippen molar-refractivity contribution in [3.8, 4) is 6.07 Å². The summed E-state index contributed by atoms with van der Waals surface area (Å²) in [6.45, 7) is 0.544. The van der Waals surface area contributed by atoms with Gasteiger partial charge in [0.15, 0.2) is 0 Å². The molecule has 1 fully saturated rings. The average molecular weight is 288 g/mol. The third-order valence-corrected chi connectivity index (χ3v) is 4.57. The summed E-state index contributed by atoms with van der Waals surface area (Å²) in [5, 5.41) is 14.4. The van der Waals surface area contributed by atoms with Crippen LogP contribution in [0.2, 0.25) is 0 Å². The van der Waals surface area contributed by atoms with Crippen molar-refractivity contribution in [1.29, 1.82) is 5.26 Å². The van der Waals surface area contributed by atoms with Gasteiger partial charge in [-0.15, -0.1) is 11.3 Å². The largest absolute Gasteiger partial charge is 0.391 e. The van der Waals surface area contributed by atoms with Crippen LogP contribution >= 0.6 is 11.3 Å². The van der Waals surface area contributed by atoms with Crippen molar-refractivity contribution in [2.45, 2.75) is 43.9 Å². The second-order valence-corrected chi connectivity index (χ2v) is 5.97. The van der Waals surface area contributed by atoms with Gasteiger partial charge in [0.25, 0.3) is 0 Å². The minimum absolute atomic E-state index is 0.0362. The SMILES string of the molecule is N#CC1(NCc2cccs2)CCC(C(F)(F)F)CC1. The van der Waals surface area contributed by atoms with Crippen LogP contribution in [0.1, 0.15) is 30.6 Å². The lowest BCUT2D eigenvalue weighted by molar-refractivity contribution is -0.184. The Bertz CT molecular complexity index is 439. The molecule has 0 aromatic carbocycles. The zero-order valence-corrected chi connectivity index (χ0v) is 11.2. The predicted octanol–water partition coefficient (Wildman–Crippen LogP) is 3.85. The summed E-state index contributed by atoms with van der Waals surface area (Å²) < 4.78 is 37.8. The molecule has 0 saturated heterocycles. The van der Waals surface area contributed by atoms with Crippen LogP contribution in [-0.4, -0.2) is 11.7 Å². The molecule has 1 aliphatic rings. The second kappa shape index (κ2) is 5.51. The molecule has 0 radical (unpaired) electrons. The normalized spacial score (nSPS) is 28.0. The van der Waals surface area contributed by atoms with Crippen LogP contribution in [0, 0.1) is 17.2 Å². The zero-order valence-electron chi connectivity index (χ0n) is 10.3. The molecule has 1 aromatic rings. The van der Waals surface area contributed by atoms with Gasteiger partial charge in [-0.3, -0.25) is 5.32 Å². The Balaban J connectivity index is 1.93. The number of nitriles is 1. The number of thiophene rings is 1. The van der Waals surface area contributed by atoms with Crippen LogP contribution in [-0.2, 0) is 6.54 Å². The number of rotatable bonds is 3. The van der Waals surface area contributed by atoms with E-state index in [1.54, 1.807) is 11.3 Å². The van der Waals surface area contributed by atoms with E-state index in [4.69, 9.17) is 0 Å². The molecule has 2 nitrogen and oxygen atoms in total. The molecule has 0 unspecified atom stereocenters. The molecule has 19 heavy (non-hydrogen) atoms. The topological polar surface area (TPSA) is 35.8 Å². The first kappa shape index (κ1) is 14.4. The number of nitrogens with zero attached hydrogens (tertiary/aromatic N) is 1. The summed E-state index contributed by atoms with van der Waals surface area (Å²) >= 11 is 1.57. The maximum atomic E-state index is 12.6. The summed E-state index contributed by atoms with van der Waals surface area (Å²) in [6, 6.07) is 6.04. The Labute approximate surface area is 114 Å². The van der Waals surface area contributed by atoms with E-state index in [0.717, 1.165) is 4.88 Å². The van der Waals surface area contributed by atoms with Crippen LogP contribution in [0.4, 0.5) is 13.2 Å². The van der Waals surface area contributed by atoms with E-state index in [1.165, 1.54) is 0 Å². The average Bonchev–Trinajstić information content (AvgIpc) is 2.89. The molecule has 1 aromatic heterocycles. The second-order valence-electron chi connectivity index (χ2n) is 4.94. The molecule has 0 aliphatic heterocycles. The van der Waals surface area contributed by atoms with Gasteiger partial charge in [-0.2, -0.15) is 18.4 Å². The molecule has 1 aliphatic carbocycles. The Hall–Kier alpha value is -1.06. The standard InChI is InChI=1S/C13H15F3N2S/c14-13(15,16)10-3-5-12(9-17,6-4-10)18-8-11-2-1-7-19-11/h1-2,7,10,18H,3-6,8H2. The van der Waals surface area contributed by atoms with Gasteiger partial charge < -0.3 is 0 Å². The summed E-state index contributed by atoms with van der Waals surface area (Å²) in [5.41, 5.74) is -0.800. The number of hydrogen-bond acceptors (Lipinski definition) is 3. The highest BCUT2D eigenvalue weighted by Gasteiger charge is 2.45. The van der Waals surface area contributed by atoms with E-state index in [9.17, 15) is 18.4 Å². The molecule has 1 saturated carbocycles. The van der Waals surface area contributed by atoms with Gasteiger partial charge in [0.1, 0.15) is 5.54 Å². The molecule has 0 spiro atoms. The summed E-state index contributed by atoms with van der Waals surface area (Å²) in [7, 11) is 0. The van der Waals surface area contributed by atoms with Crippen molar-refractivity contribution in [1.82, 2.24) is 5.32 Å². The van der Waals surface area contributed by atoms with Crippen LogP contribution < -0.4 is 5.32 Å². The van der Waals surface area contributed by atoms with Gasteiger partial charge in [-0.1, -0.05) is 6.07 Å². The van der Waals surface area contributed by atoms with Crippen molar-refractivity contribution >= 4 is 11.3 Å². The van der Waals surface area contributed by atoms with Gasteiger partial charge in [0, 0.05) is 11.4 Å². The molecule has 1 heterocycles. The molecule has 1 N–H and O–H groups in total. The van der Waals surface area contributed by atoms with Crippen molar-refractivity contribution in [3.05, 3.63) is 22.4 Å². The van der Waals surface area contributed by atoms with Crippen molar-refractivity contribution in [2.75, 3.05) is 0 Å². The molecule has 0 bridgehead atoms. The van der Waals surface area contributed by atoms with Crippen molar-refractivity contribution in [3.63, 3.8) is 0 Å². The zero-order chi connectivity index (χ0) is 13.9. The van der Waals surface area contributed by atoms with Crippen LogP contribution in [0.3, 0.4) is 0 Å². The fourth-order valence-corrected chi connectivity index (χ4v) is 3.08. The first-order valence-electron chi connectivity index (χ1n) is 6.21. The molecule has 6 heteroatoms. The first-order chi connectivity index (χ1) is 8.95. The van der Waals surface area contributed by atoms with E-state index < -0.39 is 17.6 Å². The lowest BCUT2D eigenvalue weighted by Crippen LogP contribution is -2.47. The van der Waals surface area contributed by atoms with Gasteiger partial charge in [-0.05, 0) is 37.1 Å². The predicted molar refractivity (Wildman–Crippen MR) is 67.5 cm³/mol. The number of nitrogens with one attached hydrogen (secondary N) is 1. The van der Waals surface area contributed by atoms with E-state index in [-0.39, 0.29) is 25.7 Å². The van der Waals surface area contributed by atoms with Gasteiger partial charge >= 0.3 is 6.18 Å². The minimum Gasteiger partial charge on any atom is -0.294 e. The summed E-state index contributed by atoms with van der Waals surface area (Å²) in [6.07, 6.45) is -3.53. The van der Waals surface area contributed by atoms with E-state index >= 15 is 0 Å². The quantitative estimate of drug-likeness (QED) is 0.917. The van der Waals surface area contributed by atoms with E-state index in [2.05, 4.69) is 11.4 Å². The lowest BCUT2D eigenvalue weighted by atomic mass is 9.77. The molecule has 104 valence electrons. The fourth-order valence-electron chi connectivity index (χ4n) is 2.44. The van der Waals surface area contributed by atoms with E-state index in [1.807, 2.05) is 17.5 Å². The molecule has 0 amide bonds. The Morgan fingerprint density at radius 2 is 2.11 bits per heavy atom. The summed E-state index contributed by atoms with van der Waals surface area (Å²) in [4.78, 5) is 1.09. The van der Waals surface area contributed by atoms with Crippen molar-refractivity contribution < 1.29 is 13.2 Å². The van der Waals surface area contributed by atoms with E-state index in [0.29, 0.717) is 6.54 Å². The highest BCUT2D eigenvalue weighted by atomic mass is 32.1. The first-order valence-corrected chi connectivity index (χ1v) is 7.08. The van der Waals surface area contributed by atoms with Crippen LogP contribution in [0.15, 0.2) is 17.5 Å². The van der Waals surface area contributed by atoms with Crippen molar-refractivity contribution in [2.24, 2.45) is 5.92 Å². The highest BCUT2D eigenvalue weighted by molar-refractivity contribution is 7.09. The van der Waals surface area contributed by atoms with Gasteiger partial charge in [0.2, 0.25) is 0 Å². The van der Waals surface area contributed by atoms with Crippen LogP contribution in [0.5, 0.6) is 0 Å². The minimum atomic E-state index is -4.13. The molecule has 2 rings (SSSR count). The Morgan fingerprint density at radius 3 is 2.58 bits per heavy atom. The monoisotopic (exact) mass is 288 g/mol. The fraction of sp³-hybridized carbons (Fsp3) is 0.615. The highest BCUT2D eigenvalue weighted by Crippen LogP contribution is 2.41.